The summed E-state index contributed by atoms with van der Waals surface area (Å²) in [6.07, 6.45) is 4.11. The van der Waals surface area contributed by atoms with Crippen molar-refractivity contribution >= 4 is 18.3 Å². The number of hydrogen-bond donors (Lipinski definition) is 2. The molecule has 0 radical (unpaired) electrons. The zero-order valence-corrected chi connectivity index (χ0v) is 14.0. The number of methoxy groups -OCH3 is 2. The van der Waals surface area contributed by atoms with Gasteiger partial charge in [-0.3, -0.25) is 4.79 Å². The molecule has 2 fully saturated rings. The Kier molecular flexibility index (Phi) is 5.70. The van der Waals surface area contributed by atoms with Crippen LogP contribution in [0.5, 0.6) is 11.5 Å². The molecular weight excluding hydrogens is 323 g/mol. The van der Waals surface area contributed by atoms with Crippen molar-refractivity contribution in [2.45, 2.75) is 43.8 Å². The normalized spacial score (nSPS) is 25.4. The van der Waals surface area contributed by atoms with E-state index in [2.05, 4.69) is 10.6 Å². The zero-order valence-electron chi connectivity index (χ0n) is 13.2. The first-order valence-corrected chi connectivity index (χ1v) is 7.59. The number of hydrogen-bond acceptors (Lipinski definition) is 4. The van der Waals surface area contributed by atoms with Crippen molar-refractivity contribution in [3.63, 3.8) is 0 Å². The maximum absolute atomic E-state index is 14.1. The van der Waals surface area contributed by atoms with Gasteiger partial charge in [0.25, 0.3) is 5.91 Å². The fraction of sp³-hybridized carbons (Fsp3) is 0.562. The lowest BCUT2D eigenvalue weighted by Gasteiger charge is -2.29. The topological polar surface area (TPSA) is 59.6 Å². The fourth-order valence-corrected chi connectivity index (χ4v) is 3.47. The van der Waals surface area contributed by atoms with Crippen LogP contribution < -0.4 is 20.1 Å². The Morgan fingerprint density at radius 3 is 2.30 bits per heavy atom. The highest BCUT2D eigenvalue weighted by atomic mass is 35.5. The summed E-state index contributed by atoms with van der Waals surface area (Å²) in [7, 11) is 2.89. The first kappa shape index (κ1) is 17.8. The Labute approximate surface area is 141 Å². The van der Waals surface area contributed by atoms with Gasteiger partial charge < -0.3 is 20.1 Å². The second kappa shape index (κ2) is 7.36. The molecule has 1 aromatic carbocycles. The summed E-state index contributed by atoms with van der Waals surface area (Å²) in [6.45, 7) is 0. The third-order valence-electron chi connectivity index (χ3n) is 4.53. The molecule has 0 aliphatic carbocycles. The van der Waals surface area contributed by atoms with Crippen LogP contribution in [-0.2, 0) is 0 Å². The van der Waals surface area contributed by atoms with E-state index in [9.17, 15) is 9.18 Å². The molecule has 0 spiro atoms. The predicted molar refractivity (Wildman–Crippen MR) is 87.2 cm³/mol. The number of fused-ring (bicyclic) bond motifs is 2. The van der Waals surface area contributed by atoms with Crippen molar-refractivity contribution in [1.82, 2.24) is 10.6 Å². The van der Waals surface area contributed by atoms with Crippen molar-refractivity contribution in [3.05, 3.63) is 23.5 Å². The monoisotopic (exact) mass is 344 g/mol. The van der Waals surface area contributed by atoms with Crippen molar-refractivity contribution in [2.75, 3.05) is 14.2 Å². The highest BCUT2D eigenvalue weighted by Gasteiger charge is 2.34. The highest BCUT2D eigenvalue weighted by molar-refractivity contribution is 5.95. The maximum atomic E-state index is 14.1. The highest BCUT2D eigenvalue weighted by Crippen LogP contribution is 2.31. The van der Waals surface area contributed by atoms with Crippen LogP contribution in [0.15, 0.2) is 12.1 Å². The second-order valence-corrected chi connectivity index (χ2v) is 5.97. The summed E-state index contributed by atoms with van der Waals surface area (Å²) in [5.74, 6) is -0.382. The van der Waals surface area contributed by atoms with E-state index in [1.165, 1.54) is 26.4 Å². The van der Waals surface area contributed by atoms with Crippen molar-refractivity contribution in [3.8, 4) is 11.5 Å². The summed E-state index contributed by atoms with van der Waals surface area (Å²) in [5.41, 5.74) is -0.0106. The number of rotatable bonds is 4. The molecule has 128 valence electrons. The van der Waals surface area contributed by atoms with Crippen LogP contribution in [0.2, 0.25) is 0 Å². The number of amides is 1. The molecule has 2 N–H and O–H groups in total. The molecule has 0 saturated carbocycles. The van der Waals surface area contributed by atoms with Gasteiger partial charge in [-0.2, -0.15) is 0 Å². The molecule has 2 aliphatic heterocycles. The van der Waals surface area contributed by atoms with Crippen LogP contribution in [0.1, 0.15) is 36.0 Å². The first-order valence-electron chi connectivity index (χ1n) is 7.59. The van der Waals surface area contributed by atoms with Crippen LogP contribution in [0.3, 0.4) is 0 Å². The van der Waals surface area contributed by atoms with Gasteiger partial charge in [0.15, 0.2) is 11.5 Å². The summed E-state index contributed by atoms with van der Waals surface area (Å²) in [6, 6.07) is 3.61. The van der Waals surface area contributed by atoms with Gasteiger partial charge in [-0.05, 0) is 31.7 Å². The summed E-state index contributed by atoms with van der Waals surface area (Å²) in [4.78, 5) is 12.4. The van der Waals surface area contributed by atoms with Gasteiger partial charge in [0, 0.05) is 24.2 Å². The van der Waals surface area contributed by atoms with E-state index < -0.39 is 11.7 Å². The van der Waals surface area contributed by atoms with Gasteiger partial charge in [-0.1, -0.05) is 0 Å². The number of halogens is 2. The lowest BCUT2D eigenvalue weighted by atomic mass is 9.99. The Morgan fingerprint density at radius 2 is 1.74 bits per heavy atom. The second-order valence-electron chi connectivity index (χ2n) is 5.97. The molecule has 0 aromatic heterocycles. The minimum Gasteiger partial charge on any atom is -0.493 e. The van der Waals surface area contributed by atoms with Crippen LogP contribution in [-0.4, -0.2) is 38.3 Å². The van der Waals surface area contributed by atoms with E-state index in [-0.39, 0.29) is 29.8 Å². The Bertz CT molecular complexity index is 573. The number of ether oxygens (including phenoxy) is 2. The van der Waals surface area contributed by atoms with Crippen molar-refractivity contribution in [2.24, 2.45) is 0 Å². The lowest BCUT2D eigenvalue weighted by molar-refractivity contribution is 0.0919. The quantitative estimate of drug-likeness (QED) is 0.879. The van der Waals surface area contributed by atoms with Crippen LogP contribution in [0.25, 0.3) is 0 Å². The SMILES string of the molecule is COc1cc(F)c(C(=O)NC2CC3CCC(C2)N3)cc1OC.Cl. The molecule has 1 amide bonds. The fourth-order valence-electron chi connectivity index (χ4n) is 3.47. The molecule has 2 atom stereocenters. The largest absolute Gasteiger partial charge is 0.493 e. The number of nitrogens with one attached hydrogen (secondary N) is 2. The lowest BCUT2D eigenvalue weighted by Crippen LogP contribution is -2.48. The minimum atomic E-state index is -0.605. The third-order valence-corrected chi connectivity index (χ3v) is 4.53. The standard InChI is InChI=1S/C16H21FN2O3.ClH/c1-21-14-7-12(13(17)8-15(14)22-2)16(20)19-11-5-9-3-4-10(6-11)18-9;/h7-11,18H,3-6H2,1-2H3,(H,19,20);1H. The van der Waals surface area contributed by atoms with E-state index in [0.29, 0.717) is 17.8 Å². The van der Waals surface area contributed by atoms with Gasteiger partial charge >= 0.3 is 0 Å². The Hall–Kier alpha value is -1.53. The van der Waals surface area contributed by atoms with E-state index >= 15 is 0 Å². The molecule has 5 nitrogen and oxygen atoms in total. The molecule has 2 saturated heterocycles. The Morgan fingerprint density at radius 1 is 1.17 bits per heavy atom. The number of carbonyl (C=O) groups excluding carboxylic acids is 1. The number of carbonyl (C=O) groups is 1. The molecule has 2 unspecified atom stereocenters. The molecular formula is C16H22ClFN2O3. The molecule has 1 aromatic rings. The summed E-state index contributed by atoms with van der Waals surface area (Å²) < 4.78 is 24.3. The predicted octanol–water partition coefficient (Wildman–Crippen LogP) is 2.28. The van der Waals surface area contributed by atoms with E-state index in [1.807, 2.05) is 0 Å². The summed E-state index contributed by atoms with van der Waals surface area (Å²) in [5, 5.41) is 6.47. The van der Waals surface area contributed by atoms with Gasteiger partial charge in [0.05, 0.1) is 19.8 Å². The molecule has 7 heteroatoms. The van der Waals surface area contributed by atoms with Crippen LogP contribution in [0.4, 0.5) is 4.39 Å². The van der Waals surface area contributed by atoms with E-state index in [1.54, 1.807) is 0 Å². The number of benzene rings is 1. The van der Waals surface area contributed by atoms with Gasteiger partial charge in [-0.15, -0.1) is 12.4 Å². The third kappa shape index (κ3) is 3.70. The van der Waals surface area contributed by atoms with E-state index in [0.717, 1.165) is 25.7 Å². The molecule has 3 rings (SSSR count). The van der Waals surface area contributed by atoms with Crippen LogP contribution >= 0.6 is 12.4 Å². The van der Waals surface area contributed by atoms with E-state index in [4.69, 9.17) is 9.47 Å². The smallest absolute Gasteiger partial charge is 0.254 e. The van der Waals surface area contributed by atoms with Crippen LogP contribution in [0, 0.1) is 5.82 Å². The van der Waals surface area contributed by atoms with Gasteiger partial charge in [-0.25, -0.2) is 4.39 Å². The van der Waals surface area contributed by atoms with Crippen molar-refractivity contribution in [1.29, 1.82) is 0 Å². The molecule has 2 aliphatic rings. The maximum Gasteiger partial charge on any atom is 0.254 e. The molecule has 23 heavy (non-hydrogen) atoms. The molecule has 2 heterocycles. The minimum absolute atomic E-state index is 0. The average molecular weight is 345 g/mol. The van der Waals surface area contributed by atoms with Gasteiger partial charge in [0.1, 0.15) is 5.82 Å². The van der Waals surface area contributed by atoms with Crippen molar-refractivity contribution < 1.29 is 18.7 Å². The first-order chi connectivity index (χ1) is 10.6. The Balaban J connectivity index is 0.00000192. The zero-order chi connectivity index (χ0) is 15.7. The molecule has 2 bridgehead atoms. The van der Waals surface area contributed by atoms with Gasteiger partial charge in [0.2, 0.25) is 0 Å². The summed E-state index contributed by atoms with van der Waals surface area (Å²) >= 11 is 0. The average Bonchev–Trinajstić information content (AvgIpc) is 2.85. The number of piperidine rings is 1.